The van der Waals surface area contributed by atoms with Crippen LogP contribution in [0.3, 0.4) is 0 Å². The first-order valence-corrected chi connectivity index (χ1v) is 32.2. The average Bonchev–Trinajstić information content (AvgIpc) is 0.800. The Bertz CT molecular complexity index is 5290. The molecular weight excluding hydrogens is 1290 g/mol. The predicted octanol–water partition coefficient (Wildman–Crippen LogP) is 9.91. The fourth-order valence-corrected chi connectivity index (χ4v) is 11.9. The van der Waals surface area contributed by atoms with Crippen molar-refractivity contribution < 1.29 is 57.1 Å². The van der Waals surface area contributed by atoms with Crippen molar-refractivity contribution in [1.82, 2.24) is 23.6 Å². The second-order valence-corrected chi connectivity index (χ2v) is 23.7. The van der Waals surface area contributed by atoms with E-state index in [1.807, 2.05) is 24.3 Å². The summed E-state index contributed by atoms with van der Waals surface area (Å²) in [6.07, 6.45) is 9.79. The second kappa shape index (κ2) is 31.2. The molecule has 0 atom stereocenters. The third-order valence-electron chi connectivity index (χ3n) is 17.0. The molecule has 0 bridgehead atoms. The number of anilines is 3. The van der Waals surface area contributed by atoms with Crippen LogP contribution in [0, 0.1) is 0 Å². The maximum absolute atomic E-state index is 12.8. The van der Waals surface area contributed by atoms with Gasteiger partial charge in [0.05, 0.1) is 49.1 Å². The molecule has 516 valence electrons. The van der Waals surface area contributed by atoms with Gasteiger partial charge in [0.25, 0.3) is 45.9 Å². The van der Waals surface area contributed by atoms with Gasteiger partial charge < -0.3 is 72.7 Å². The van der Waals surface area contributed by atoms with Crippen molar-refractivity contribution >= 4 is 79.0 Å². The van der Waals surface area contributed by atoms with Crippen LogP contribution in [0.2, 0.25) is 0 Å². The maximum Gasteiger partial charge on any atom is 0.337 e. The fraction of sp³-hybridized carbons (Fsp3) is 0.208. The van der Waals surface area contributed by atoms with E-state index in [2.05, 4.69) is 26.0 Å². The van der Waals surface area contributed by atoms with E-state index in [-0.39, 0.29) is 45.9 Å². The summed E-state index contributed by atoms with van der Waals surface area (Å²) in [5.74, 6) is 2.30. The number of carbonyl (C=O) groups excluding carboxylic acids is 5. The van der Waals surface area contributed by atoms with Gasteiger partial charge in [-0.3, -0.25) is 38.4 Å². The number of benzene rings is 7. The van der Waals surface area contributed by atoms with Crippen molar-refractivity contribution in [3.63, 3.8) is 0 Å². The van der Waals surface area contributed by atoms with Crippen LogP contribution in [0.15, 0.2) is 196 Å². The molecule has 4 aromatic heterocycles. The smallest absolute Gasteiger partial charge is 0.337 e. The largest absolute Gasteiger partial charge is 0.493 e. The third kappa shape index (κ3) is 15.7. The highest BCUT2D eigenvalue weighted by molar-refractivity contribution is 6.14. The molecular formula is C77H72N8O16. The summed E-state index contributed by atoms with van der Waals surface area (Å²) in [6, 6.07) is 43.6. The van der Waals surface area contributed by atoms with E-state index in [0.29, 0.717) is 139 Å². The molecule has 14 rings (SSSR count). The van der Waals surface area contributed by atoms with Crippen LogP contribution in [-0.4, -0.2) is 95.6 Å². The molecule has 2 aliphatic heterocycles. The Kier molecular flexibility index (Phi) is 21.5. The van der Waals surface area contributed by atoms with Crippen molar-refractivity contribution in [2.24, 2.45) is 28.2 Å². The minimum atomic E-state index is -0.443. The highest BCUT2D eigenvalue weighted by Crippen LogP contribution is 2.35. The van der Waals surface area contributed by atoms with E-state index >= 15 is 0 Å². The molecule has 4 N–H and O–H groups in total. The van der Waals surface area contributed by atoms with Crippen molar-refractivity contribution in [2.45, 2.75) is 32.2 Å². The molecule has 1 aliphatic carbocycles. The van der Waals surface area contributed by atoms with E-state index < -0.39 is 5.97 Å². The predicted molar refractivity (Wildman–Crippen MR) is 383 cm³/mol. The van der Waals surface area contributed by atoms with Gasteiger partial charge in [0, 0.05) is 127 Å². The minimum Gasteiger partial charge on any atom is -0.493 e. The Hall–Kier alpha value is -12.7. The normalized spacial score (nSPS) is 12.3. The first kappa shape index (κ1) is 69.6. The zero-order chi connectivity index (χ0) is 71.4. The molecule has 0 saturated carbocycles. The van der Waals surface area contributed by atoms with Crippen molar-refractivity contribution in [3.8, 4) is 34.5 Å². The molecule has 101 heavy (non-hydrogen) atoms. The van der Waals surface area contributed by atoms with Crippen molar-refractivity contribution in [3.05, 3.63) is 262 Å². The zero-order valence-electron chi connectivity index (χ0n) is 56.4. The van der Waals surface area contributed by atoms with E-state index in [4.69, 9.17) is 28.4 Å². The van der Waals surface area contributed by atoms with Gasteiger partial charge in [-0.2, -0.15) is 0 Å². The summed E-state index contributed by atoms with van der Waals surface area (Å²) in [5, 5.41) is 14.8. The number of esters is 1. The first-order chi connectivity index (χ1) is 48.8. The summed E-state index contributed by atoms with van der Waals surface area (Å²) in [6.45, 7) is 2.45. The Balaban J connectivity index is 0.000000136. The SMILES string of the molecule is COC(=O)c1ccc(NC(=O)c2cn(C)c(=O)c3ccccc23)cc1.COc1ccc(NC(=O)c2cn(C)c(=O)c3ccccc23)cc1OC.Cn1cc(C(=O)NCc2ccc3c(c2)OCCO3)c2ccccc2c1=O.Cn1cc(C(=O)Nc2ccc3c(c2)OCCO3)c2c(c1=O)CCCC2. The van der Waals surface area contributed by atoms with Gasteiger partial charge in [-0.05, 0) is 116 Å². The van der Waals surface area contributed by atoms with E-state index in [1.165, 1.54) is 38.7 Å². The number of ether oxygens (including phenoxy) is 7. The zero-order valence-corrected chi connectivity index (χ0v) is 56.4. The monoisotopic (exact) mass is 1360 g/mol. The van der Waals surface area contributed by atoms with Gasteiger partial charge in [-0.25, -0.2) is 4.79 Å². The lowest BCUT2D eigenvalue weighted by Crippen LogP contribution is -2.29. The van der Waals surface area contributed by atoms with Gasteiger partial charge in [0.1, 0.15) is 26.4 Å². The molecule has 11 aromatic rings. The molecule has 0 fully saturated rings. The average molecular weight is 1370 g/mol. The Morgan fingerprint density at radius 2 is 0.792 bits per heavy atom. The van der Waals surface area contributed by atoms with Gasteiger partial charge >= 0.3 is 5.97 Å². The van der Waals surface area contributed by atoms with Crippen LogP contribution in [0.25, 0.3) is 32.3 Å². The lowest BCUT2D eigenvalue weighted by molar-refractivity contribution is 0.0600. The van der Waals surface area contributed by atoms with Gasteiger partial charge in [-0.1, -0.05) is 60.7 Å². The molecule has 0 spiro atoms. The van der Waals surface area contributed by atoms with Crippen LogP contribution in [0.1, 0.15) is 81.3 Å². The number of aromatic nitrogens is 4. The number of rotatable bonds is 12. The molecule has 3 aliphatic rings. The van der Waals surface area contributed by atoms with Crippen molar-refractivity contribution in [1.29, 1.82) is 0 Å². The number of hydrogen-bond donors (Lipinski definition) is 4. The Morgan fingerprint density at radius 1 is 0.396 bits per heavy atom. The van der Waals surface area contributed by atoms with Crippen LogP contribution in [0.5, 0.6) is 34.5 Å². The number of methoxy groups -OCH3 is 3. The fourth-order valence-electron chi connectivity index (χ4n) is 11.9. The number of aryl methyl sites for hydroxylation is 4. The molecule has 0 radical (unpaired) electrons. The minimum absolute atomic E-state index is 0.00517. The number of fused-ring (bicyclic) bond motifs is 6. The summed E-state index contributed by atoms with van der Waals surface area (Å²) >= 11 is 0. The van der Waals surface area contributed by atoms with Crippen molar-refractivity contribution in [2.75, 3.05) is 63.7 Å². The molecule has 7 aromatic carbocycles. The van der Waals surface area contributed by atoms with E-state index in [0.717, 1.165) is 48.1 Å². The lowest BCUT2D eigenvalue weighted by Gasteiger charge is -2.21. The number of nitrogens with zero attached hydrogens (tertiary/aromatic N) is 4. The highest BCUT2D eigenvalue weighted by Gasteiger charge is 2.24. The number of nitrogens with one attached hydrogen (secondary N) is 4. The molecule has 4 amide bonds. The molecule has 6 heterocycles. The molecule has 24 heteroatoms. The van der Waals surface area contributed by atoms with Crippen LogP contribution in [-0.2, 0) is 52.3 Å². The third-order valence-corrected chi connectivity index (χ3v) is 17.0. The number of pyridine rings is 4. The number of amides is 4. The van der Waals surface area contributed by atoms with Crippen LogP contribution in [0.4, 0.5) is 17.1 Å². The molecule has 0 unspecified atom stereocenters. The summed E-state index contributed by atoms with van der Waals surface area (Å²) in [5.41, 5.74) is 6.19. The molecule has 0 saturated heterocycles. The standard InChI is InChI=1S/C20H18N2O4.C19H20N2O4.C19H18N2O4.C19H16N2O4/c1-22-12-16(14-4-2-3-5-15(14)20(22)24)19(23)21-11-13-6-7-17-18(10-13)26-9-8-25-17;1-21-11-15(13-4-2-3-5-14(13)19(21)23)18(22)20-12-6-7-16-17(10-12)25-9-8-24-16;1-21-11-15(13-6-4-5-7-14(13)19(21)23)18(22)20-12-8-9-16(24-2)17(10-12)25-3;1-21-11-16(14-5-3-4-6-15(14)18(21)23)17(22)20-13-9-7-12(8-10-13)19(24)25-2/h2-7,10,12H,8-9,11H2,1H3,(H,21,23);6-7,10-11H,2-5,8-9H2,1H3,(H,20,22);4-11H,1-3H3,(H,20,22);3-11H,1-2H3,(H,20,22). The van der Waals surface area contributed by atoms with Gasteiger partial charge in [0.15, 0.2) is 34.5 Å². The topological polar surface area (TPSA) is 286 Å². The lowest BCUT2D eigenvalue weighted by atomic mass is 9.89. The van der Waals surface area contributed by atoms with E-state index in [1.54, 1.807) is 181 Å². The summed E-state index contributed by atoms with van der Waals surface area (Å²) in [4.78, 5) is 111. The first-order valence-electron chi connectivity index (χ1n) is 32.2. The summed E-state index contributed by atoms with van der Waals surface area (Å²) in [7, 11) is 11.0. The van der Waals surface area contributed by atoms with Crippen LogP contribution >= 0.6 is 0 Å². The number of hydrogen-bond acceptors (Lipinski definition) is 16. The maximum atomic E-state index is 12.8. The van der Waals surface area contributed by atoms with Gasteiger partial charge in [-0.15, -0.1) is 0 Å². The van der Waals surface area contributed by atoms with Crippen LogP contribution < -0.4 is 71.9 Å². The second-order valence-electron chi connectivity index (χ2n) is 23.7. The van der Waals surface area contributed by atoms with E-state index in [9.17, 15) is 43.2 Å². The van der Waals surface area contributed by atoms with Gasteiger partial charge in [0.2, 0.25) is 0 Å². The molecule has 24 nitrogen and oxygen atoms in total. The Morgan fingerprint density at radius 3 is 1.30 bits per heavy atom. The number of carbonyl (C=O) groups is 5. The highest BCUT2D eigenvalue weighted by atomic mass is 16.6. The quantitative estimate of drug-likeness (QED) is 0.0828. The Labute approximate surface area is 578 Å². The summed E-state index contributed by atoms with van der Waals surface area (Å²) < 4.78 is 42.9.